The molecule has 0 unspecified atom stereocenters. The van der Waals surface area contributed by atoms with Gasteiger partial charge in [0.1, 0.15) is 11.5 Å². The summed E-state index contributed by atoms with van der Waals surface area (Å²) in [6, 6.07) is 17.8. The van der Waals surface area contributed by atoms with Crippen LogP contribution in [0.2, 0.25) is 0 Å². The van der Waals surface area contributed by atoms with E-state index in [9.17, 15) is 14.4 Å². The van der Waals surface area contributed by atoms with Gasteiger partial charge in [0, 0.05) is 15.0 Å². The molecule has 0 aliphatic heterocycles. The highest BCUT2D eigenvalue weighted by atomic mass is 79.9. The van der Waals surface area contributed by atoms with Crippen LogP contribution in [0.3, 0.4) is 0 Å². The van der Waals surface area contributed by atoms with Crippen molar-refractivity contribution in [3.8, 4) is 11.5 Å². The Kier molecular flexibility index (Phi) is 6.38. The molecule has 0 aromatic heterocycles. The summed E-state index contributed by atoms with van der Waals surface area (Å²) < 4.78 is 11.8. The Morgan fingerprint density at radius 3 is 1.82 bits per heavy atom. The van der Waals surface area contributed by atoms with Crippen molar-refractivity contribution in [2.45, 2.75) is 0 Å². The van der Waals surface area contributed by atoms with Gasteiger partial charge in [-0.25, -0.2) is 9.59 Å². The lowest BCUT2D eigenvalue weighted by atomic mass is 10.2. The lowest BCUT2D eigenvalue weighted by Crippen LogP contribution is -2.12. The number of benzene rings is 3. The van der Waals surface area contributed by atoms with Crippen molar-refractivity contribution in [1.29, 1.82) is 0 Å². The first kappa shape index (κ1) is 20.0. The van der Waals surface area contributed by atoms with E-state index in [1.165, 1.54) is 18.2 Å². The molecule has 28 heavy (non-hydrogen) atoms. The maximum Gasteiger partial charge on any atom is 0.344 e. The zero-order chi connectivity index (χ0) is 20.1. The Morgan fingerprint density at radius 1 is 0.750 bits per heavy atom. The van der Waals surface area contributed by atoms with E-state index in [1.54, 1.807) is 48.5 Å². The van der Waals surface area contributed by atoms with E-state index in [4.69, 9.17) is 9.47 Å². The van der Waals surface area contributed by atoms with E-state index in [0.717, 1.165) is 0 Å². The van der Waals surface area contributed by atoms with Crippen molar-refractivity contribution in [3.63, 3.8) is 0 Å². The van der Waals surface area contributed by atoms with Crippen LogP contribution in [-0.2, 0) is 0 Å². The van der Waals surface area contributed by atoms with Gasteiger partial charge >= 0.3 is 11.9 Å². The molecule has 0 aliphatic carbocycles. The Morgan fingerprint density at radius 2 is 1.29 bits per heavy atom. The summed E-state index contributed by atoms with van der Waals surface area (Å²) in [6.45, 7) is 0. The Hall–Kier alpha value is -2.77. The third kappa shape index (κ3) is 4.55. The molecule has 0 aliphatic rings. The van der Waals surface area contributed by atoms with Gasteiger partial charge in [-0.1, -0.05) is 24.3 Å². The number of aldehydes is 1. The molecule has 5 nitrogen and oxygen atoms in total. The molecule has 0 saturated heterocycles. The molecule has 0 radical (unpaired) electrons. The van der Waals surface area contributed by atoms with Gasteiger partial charge in [0.2, 0.25) is 0 Å². The van der Waals surface area contributed by atoms with Crippen molar-refractivity contribution in [3.05, 3.63) is 92.4 Å². The minimum Gasteiger partial charge on any atom is -0.423 e. The molecular weight excluding hydrogens is 492 g/mol. The van der Waals surface area contributed by atoms with Crippen LogP contribution in [0.1, 0.15) is 31.1 Å². The number of hydrogen-bond donors (Lipinski definition) is 0. The van der Waals surface area contributed by atoms with E-state index in [2.05, 4.69) is 31.9 Å². The molecule has 0 fully saturated rings. The highest BCUT2D eigenvalue weighted by Gasteiger charge is 2.17. The molecule has 3 rings (SSSR count). The largest absolute Gasteiger partial charge is 0.423 e. The zero-order valence-electron chi connectivity index (χ0n) is 14.2. The third-order valence-electron chi connectivity index (χ3n) is 3.71. The van der Waals surface area contributed by atoms with Crippen LogP contribution in [0.15, 0.2) is 75.7 Å². The second-order valence-electron chi connectivity index (χ2n) is 5.56. The van der Waals surface area contributed by atoms with Crippen LogP contribution in [0.4, 0.5) is 0 Å². The fourth-order valence-electron chi connectivity index (χ4n) is 2.33. The maximum atomic E-state index is 12.4. The van der Waals surface area contributed by atoms with Gasteiger partial charge < -0.3 is 9.47 Å². The molecule has 0 amide bonds. The second kappa shape index (κ2) is 8.95. The summed E-state index contributed by atoms with van der Waals surface area (Å²) in [5.74, 6) is -1.10. The van der Waals surface area contributed by atoms with Gasteiger partial charge in [-0.05, 0) is 68.3 Å². The molecule has 3 aromatic carbocycles. The molecule has 140 valence electrons. The Bertz CT molecular complexity index is 1060. The molecule has 0 heterocycles. The van der Waals surface area contributed by atoms with Crippen molar-refractivity contribution in [2.24, 2.45) is 0 Å². The lowest BCUT2D eigenvalue weighted by molar-refractivity contribution is 0.0731. The zero-order valence-corrected chi connectivity index (χ0v) is 17.4. The molecule has 0 bridgehead atoms. The predicted molar refractivity (Wildman–Crippen MR) is 110 cm³/mol. The van der Waals surface area contributed by atoms with E-state index < -0.39 is 11.9 Å². The maximum absolute atomic E-state index is 12.4. The van der Waals surface area contributed by atoms with Crippen LogP contribution in [0.25, 0.3) is 0 Å². The Balaban J connectivity index is 1.85. The highest BCUT2D eigenvalue weighted by molar-refractivity contribution is 9.10. The average molecular weight is 504 g/mol. The third-order valence-corrected chi connectivity index (χ3v) is 5.10. The van der Waals surface area contributed by atoms with E-state index in [0.29, 0.717) is 26.4 Å². The van der Waals surface area contributed by atoms with E-state index in [1.807, 2.05) is 0 Å². The van der Waals surface area contributed by atoms with Gasteiger partial charge in [-0.15, -0.1) is 0 Å². The minimum absolute atomic E-state index is 0.00631. The van der Waals surface area contributed by atoms with Crippen molar-refractivity contribution in [2.75, 3.05) is 0 Å². The Labute approximate surface area is 177 Å². The fraction of sp³-hybridized carbons (Fsp3) is 0. The molecule has 7 heteroatoms. The van der Waals surface area contributed by atoms with Gasteiger partial charge in [0.15, 0.2) is 6.29 Å². The normalized spacial score (nSPS) is 10.2. The average Bonchev–Trinajstić information content (AvgIpc) is 2.68. The molecule has 0 N–H and O–H groups in total. The predicted octanol–water partition coefficient (Wildman–Crippen LogP) is 5.46. The molecule has 0 saturated carbocycles. The van der Waals surface area contributed by atoms with Gasteiger partial charge in [0.25, 0.3) is 0 Å². The number of hydrogen-bond acceptors (Lipinski definition) is 5. The summed E-state index contributed by atoms with van der Waals surface area (Å²) in [7, 11) is 0. The van der Waals surface area contributed by atoms with Crippen molar-refractivity contribution < 1.29 is 23.9 Å². The molecule has 0 atom stereocenters. The number of ether oxygens (including phenoxy) is 2. The number of rotatable bonds is 5. The SMILES string of the molecule is O=Cc1ccc(OC(=O)c2ccccc2Br)cc1OC(=O)c1ccccc1Br. The van der Waals surface area contributed by atoms with E-state index in [-0.39, 0.29) is 17.1 Å². The standard InChI is InChI=1S/C21H12Br2O5/c22-17-7-3-1-5-15(17)20(25)27-14-10-9-13(12-24)19(11-14)28-21(26)16-6-2-4-8-18(16)23/h1-12H. The van der Waals surface area contributed by atoms with Crippen LogP contribution >= 0.6 is 31.9 Å². The number of halogens is 2. The number of carbonyl (C=O) groups excluding carboxylic acids is 3. The van der Waals surface area contributed by atoms with Gasteiger partial charge in [0.05, 0.1) is 16.7 Å². The van der Waals surface area contributed by atoms with Crippen LogP contribution in [0, 0.1) is 0 Å². The first-order valence-electron chi connectivity index (χ1n) is 8.02. The summed E-state index contributed by atoms with van der Waals surface area (Å²) in [5.41, 5.74) is 0.796. The lowest BCUT2D eigenvalue weighted by Gasteiger charge is -2.11. The first-order chi connectivity index (χ1) is 13.5. The fourth-order valence-corrected chi connectivity index (χ4v) is 3.23. The number of carbonyl (C=O) groups is 3. The summed E-state index contributed by atoms with van der Waals surface area (Å²) in [6.07, 6.45) is 0.558. The highest BCUT2D eigenvalue weighted by Crippen LogP contribution is 2.27. The van der Waals surface area contributed by atoms with Crippen LogP contribution < -0.4 is 9.47 Å². The van der Waals surface area contributed by atoms with Crippen LogP contribution in [-0.4, -0.2) is 18.2 Å². The first-order valence-corrected chi connectivity index (χ1v) is 9.61. The summed E-state index contributed by atoms with van der Waals surface area (Å²) >= 11 is 6.57. The smallest absolute Gasteiger partial charge is 0.344 e. The van der Waals surface area contributed by atoms with Crippen molar-refractivity contribution >= 4 is 50.1 Å². The number of esters is 2. The monoisotopic (exact) mass is 502 g/mol. The minimum atomic E-state index is -0.648. The summed E-state index contributed by atoms with van der Waals surface area (Å²) in [5, 5.41) is 0. The topological polar surface area (TPSA) is 69.7 Å². The summed E-state index contributed by atoms with van der Waals surface area (Å²) in [4.78, 5) is 36.1. The molecule has 0 spiro atoms. The molecular formula is C21H12Br2O5. The van der Waals surface area contributed by atoms with E-state index >= 15 is 0 Å². The quantitative estimate of drug-likeness (QED) is 0.262. The van der Waals surface area contributed by atoms with Gasteiger partial charge in [-0.3, -0.25) is 4.79 Å². The second-order valence-corrected chi connectivity index (χ2v) is 7.26. The van der Waals surface area contributed by atoms with Crippen molar-refractivity contribution in [1.82, 2.24) is 0 Å². The van der Waals surface area contributed by atoms with Gasteiger partial charge in [-0.2, -0.15) is 0 Å². The van der Waals surface area contributed by atoms with Crippen LogP contribution in [0.5, 0.6) is 11.5 Å². The molecule has 3 aromatic rings.